The number of nitrogens with zero attached hydrogens (tertiary/aromatic N) is 1. The topological polar surface area (TPSA) is 51.6 Å². The summed E-state index contributed by atoms with van der Waals surface area (Å²) < 4.78 is 10.3. The number of ether oxygens (including phenoxy) is 2. The lowest BCUT2D eigenvalue weighted by Crippen LogP contribution is -1.91. The van der Waals surface area contributed by atoms with Crippen LogP contribution in [0.5, 0.6) is 17.2 Å². The fraction of sp³-hybridized carbons (Fsp3) is 0.154. The van der Waals surface area contributed by atoms with Crippen LogP contribution in [0.4, 0.5) is 0 Å². The molecule has 0 unspecified atom stereocenters. The first-order valence-corrected chi connectivity index (χ1v) is 5.11. The predicted octanol–water partition coefficient (Wildman–Crippen LogP) is 2.47. The van der Waals surface area contributed by atoms with E-state index in [4.69, 9.17) is 9.47 Å². The number of pyridine rings is 1. The molecule has 0 aliphatic heterocycles. The van der Waals surface area contributed by atoms with Crippen LogP contribution in [-0.2, 0) is 0 Å². The lowest BCUT2D eigenvalue weighted by atomic mass is 10.1. The van der Waals surface area contributed by atoms with Gasteiger partial charge in [-0.25, -0.2) is 0 Å². The van der Waals surface area contributed by atoms with Crippen LogP contribution in [0.3, 0.4) is 0 Å². The highest BCUT2D eigenvalue weighted by Gasteiger charge is 2.11. The van der Waals surface area contributed by atoms with Gasteiger partial charge in [0.1, 0.15) is 5.75 Å². The van der Waals surface area contributed by atoms with Gasteiger partial charge in [0, 0.05) is 29.6 Å². The highest BCUT2D eigenvalue weighted by Crippen LogP contribution is 2.38. The maximum absolute atomic E-state index is 9.93. The van der Waals surface area contributed by atoms with Gasteiger partial charge >= 0.3 is 0 Å². The number of benzene rings is 1. The number of hydrogen-bond acceptors (Lipinski definition) is 4. The molecule has 2 aromatic rings. The van der Waals surface area contributed by atoms with E-state index >= 15 is 0 Å². The lowest BCUT2D eigenvalue weighted by Gasteiger charge is -2.11. The van der Waals surface area contributed by atoms with Crippen molar-refractivity contribution in [3.05, 3.63) is 36.7 Å². The van der Waals surface area contributed by atoms with E-state index < -0.39 is 0 Å². The van der Waals surface area contributed by atoms with Gasteiger partial charge < -0.3 is 14.6 Å². The first kappa shape index (κ1) is 11.3. The van der Waals surface area contributed by atoms with Crippen molar-refractivity contribution in [3.8, 4) is 28.4 Å². The highest BCUT2D eigenvalue weighted by molar-refractivity contribution is 5.73. The van der Waals surface area contributed by atoms with Gasteiger partial charge in [0.15, 0.2) is 11.5 Å². The summed E-state index contributed by atoms with van der Waals surface area (Å²) in [6.07, 6.45) is 3.36. The summed E-state index contributed by atoms with van der Waals surface area (Å²) in [6.45, 7) is 0. The minimum Gasteiger partial charge on any atom is -0.507 e. The molecule has 0 amide bonds. The van der Waals surface area contributed by atoms with Crippen LogP contribution in [0.25, 0.3) is 11.1 Å². The van der Waals surface area contributed by atoms with Crippen LogP contribution in [-0.4, -0.2) is 24.3 Å². The van der Waals surface area contributed by atoms with E-state index in [1.165, 1.54) is 13.2 Å². The van der Waals surface area contributed by atoms with Gasteiger partial charge in [-0.3, -0.25) is 4.98 Å². The summed E-state index contributed by atoms with van der Waals surface area (Å²) in [5, 5.41) is 9.93. The Hall–Kier alpha value is -2.23. The molecule has 1 N–H and O–H groups in total. The van der Waals surface area contributed by atoms with Gasteiger partial charge in [-0.1, -0.05) is 6.07 Å². The van der Waals surface area contributed by atoms with Gasteiger partial charge in [0.05, 0.1) is 14.2 Å². The summed E-state index contributed by atoms with van der Waals surface area (Å²) in [4.78, 5) is 4.02. The Morgan fingerprint density at radius 2 is 1.82 bits per heavy atom. The van der Waals surface area contributed by atoms with Gasteiger partial charge in [-0.05, 0) is 12.1 Å². The number of methoxy groups -OCH3 is 2. The molecule has 1 aromatic carbocycles. The van der Waals surface area contributed by atoms with Crippen LogP contribution in [0.1, 0.15) is 0 Å². The van der Waals surface area contributed by atoms with Crippen molar-refractivity contribution in [3.63, 3.8) is 0 Å². The van der Waals surface area contributed by atoms with Crippen LogP contribution >= 0.6 is 0 Å². The van der Waals surface area contributed by atoms with Crippen LogP contribution in [0.15, 0.2) is 36.7 Å². The van der Waals surface area contributed by atoms with Gasteiger partial charge in [0.2, 0.25) is 0 Å². The largest absolute Gasteiger partial charge is 0.507 e. The molecule has 17 heavy (non-hydrogen) atoms. The fourth-order valence-corrected chi connectivity index (χ4v) is 1.62. The minimum atomic E-state index is 0.135. The van der Waals surface area contributed by atoms with Crippen molar-refractivity contribution in [2.24, 2.45) is 0 Å². The molecule has 0 spiro atoms. The van der Waals surface area contributed by atoms with Crippen molar-refractivity contribution in [1.82, 2.24) is 4.98 Å². The zero-order valence-corrected chi connectivity index (χ0v) is 9.68. The second kappa shape index (κ2) is 4.74. The predicted molar refractivity (Wildman–Crippen MR) is 64.4 cm³/mol. The third-order valence-electron chi connectivity index (χ3n) is 2.47. The molecular weight excluding hydrogens is 218 g/mol. The molecule has 0 saturated heterocycles. The molecule has 1 aromatic heterocycles. The molecule has 4 heteroatoms. The Morgan fingerprint density at radius 3 is 2.41 bits per heavy atom. The summed E-state index contributed by atoms with van der Waals surface area (Å²) in [5.74, 6) is 1.21. The quantitative estimate of drug-likeness (QED) is 0.881. The molecule has 1 heterocycles. The summed E-state index contributed by atoms with van der Waals surface area (Å²) in [6, 6.07) is 6.94. The van der Waals surface area contributed by atoms with Gasteiger partial charge in [-0.2, -0.15) is 0 Å². The maximum Gasteiger partial charge on any atom is 0.164 e. The van der Waals surface area contributed by atoms with Gasteiger partial charge in [0.25, 0.3) is 0 Å². The Morgan fingerprint density at radius 1 is 1.12 bits per heavy atom. The van der Waals surface area contributed by atoms with E-state index in [9.17, 15) is 5.11 Å². The summed E-state index contributed by atoms with van der Waals surface area (Å²) in [7, 11) is 3.09. The van der Waals surface area contributed by atoms with E-state index in [0.717, 1.165) is 5.56 Å². The average molecular weight is 231 g/mol. The van der Waals surface area contributed by atoms with E-state index in [1.807, 2.05) is 12.1 Å². The molecule has 0 aliphatic carbocycles. The third kappa shape index (κ3) is 2.15. The summed E-state index contributed by atoms with van der Waals surface area (Å²) >= 11 is 0. The number of hydrogen-bond donors (Lipinski definition) is 1. The zero-order valence-electron chi connectivity index (χ0n) is 9.68. The molecule has 0 fully saturated rings. The SMILES string of the molecule is COc1cc(O)c(-c2cccnc2)cc1OC. The van der Waals surface area contributed by atoms with E-state index in [2.05, 4.69) is 4.98 Å². The first-order valence-electron chi connectivity index (χ1n) is 5.11. The van der Waals surface area contributed by atoms with E-state index in [1.54, 1.807) is 25.6 Å². The lowest BCUT2D eigenvalue weighted by molar-refractivity contribution is 0.352. The summed E-state index contributed by atoms with van der Waals surface area (Å²) in [5.41, 5.74) is 1.49. The first-order chi connectivity index (χ1) is 8.26. The molecule has 0 saturated carbocycles. The second-order valence-electron chi connectivity index (χ2n) is 3.47. The molecule has 0 aliphatic rings. The number of aromatic nitrogens is 1. The van der Waals surface area contributed by atoms with Crippen molar-refractivity contribution < 1.29 is 14.6 Å². The molecule has 4 nitrogen and oxygen atoms in total. The Labute approximate surface area is 99.5 Å². The number of aromatic hydroxyl groups is 1. The van der Waals surface area contributed by atoms with Crippen molar-refractivity contribution in [2.45, 2.75) is 0 Å². The zero-order chi connectivity index (χ0) is 12.3. The number of phenolic OH excluding ortho intramolecular Hbond substituents is 1. The van der Waals surface area contributed by atoms with Crippen LogP contribution in [0, 0.1) is 0 Å². The smallest absolute Gasteiger partial charge is 0.164 e. The van der Waals surface area contributed by atoms with E-state index in [-0.39, 0.29) is 5.75 Å². The Kier molecular flexibility index (Phi) is 3.14. The normalized spacial score (nSPS) is 10.0. The molecular formula is C13H13NO3. The standard InChI is InChI=1S/C13H13NO3/c1-16-12-6-10(9-4-3-5-14-8-9)11(15)7-13(12)17-2/h3-8,15H,1-2H3. The Balaban J connectivity index is 2.56. The van der Waals surface area contributed by atoms with Crippen molar-refractivity contribution in [2.75, 3.05) is 14.2 Å². The highest BCUT2D eigenvalue weighted by atomic mass is 16.5. The fourth-order valence-electron chi connectivity index (χ4n) is 1.62. The molecule has 2 rings (SSSR count). The number of phenols is 1. The maximum atomic E-state index is 9.93. The van der Waals surface area contributed by atoms with E-state index in [0.29, 0.717) is 17.1 Å². The van der Waals surface area contributed by atoms with Crippen molar-refractivity contribution in [1.29, 1.82) is 0 Å². The van der Waals surface area contributed by atoms with Gasteiger partial charge in [-0.15, -0.1) is 0 Å². The van der Waals surface area contributed by atoms with Crippen LogP contribution < -0.4 is 9.47 Å². The molecule has 88 valence electrons. The third-order valence-corrected chi connectivity index (χ3v) is 2.47. The van der Waals surface area contributed by atoms with Crippen molar-refractivity contribution >= 4 is 0 Å². The number of rotatable bonds is 3. The molecule has 0 radical (unpaired) electrons. The monoisotopic (exact) mass is 231 g/mol. The average Bonchev–Trinajstić information content (AvgIpc) is 2.39. The molecule has 0 atom stereocenters. The Bertz CT molecular complexity index is 512. The second-order valence-corrected chi connectivity index (χ2v) is 3.47. The van der Waals surface area contributed by atoms with Crippen LogP contribution in [0.2, 0.25) is 0 Å². The minimum absolute atomic E-state index is 0.135. The molecule has 0 bridgehead atoms.